The van der Waals surface area contributed by atoms with E-state index >= 15 is 0 Å². The first-order chi connectivity index (χ1) is 7.59. The van der Waals surface area contributed by atoms with Gasteiger partial charge < -0.3 is 9.64 Å². The quantitative estimate of drug-likeness (QED) is 0.814. The van der Waals surface area contributed by atoms with Gasteiger partial charge in [0.15, 0.2) is 11.0 Å². The van der Waals surface area contributed by atoms with Crippen molar-refractivity contribution < 1.29 is 4.74 Å². The van der Waals surface area contributed by atoms with E-state index in [9.17, 15) is 0 Å². The van der Waals surface area contributed by atoms with Crippen LogP contribution in [-0.2, 0) is 4.74 Å². The van der Waals surface area contributed by atoms with Crippen molar-refractivity contribution in [3.05, 3.63) is 10.4 Å². The van der Waals surface area contributed by atoms with Crippen LogP contribution in [-0.4, -0.2) is 41.0 Å². The van der Waals surface area contributed by atoms with Gasteiger partial charge in [-0.25, -0.2) is 0 Å². The van der Waals surface area contributed by atoms with Crippen molar-refractivity contribution in [2.75, 3.05) is 18.6 Å². The molecule has 2 rings (SSSR count). The monoisotopic (exact) mass is 262 g/mol. The van der Waals surface area contributed by atoms with Crippen molar-refractivity contribution in [2.45, 2.75) is 25.5 Å². The largest absolute Gasteiger partial charge is 0.376 e. The Balaban J connectivity index is 2.25. The summed E-state index contributed by atoms with van der Waals surface area (Å²) >= 11 is 11.6. The molecule has 1 saturated heterocycles. The first kappa shape index (κ1) is 11.8. The predicted octanol–water partition coefficient (Wildman–Crippen LogP) is 1.79. The molecule has 88 valence electrons. The number of nitrogens with zero attached hydrogens (tertiary/aromatic N) is 4. The summed E-state index contributed by atoms with van der Waals surface area (Å²) < 4.78 is 5.50. The predicted molar refractivity (Wildman–Crippen MR) is 62.1 cm³/mol. The molecule has 2 unspecified atom stereocenters. The average Bonchev–Trinajstić information content (AvgIpc) is 2.67. The third kappa shape index (κ3) is 2.21. The van der Waals surface area contributed by atoms with Crippen LogP contribution in [0.3, 0.4) is 0 Å². The highest BCUT2D eigenvalue weighted by atomic mass is 35.5. The molecule has 1 aromatic rings. The van der Waals surface area contributed by atoms with Gasteiger partial charge in [-0.2, -0.15) is 4.98 Å². The molecule has 0 saturated carbocycles. The highest BCUT2D eigenvalue weighted by Crippen LogP contribution is 2.27. The summed E-state index contributed by atoms with van der Waals surface area (Å²) in [5.41, 5.74) is 0. The van der Waals surface area contributed by atoms with Crippen LogP contribution >= 0.6 is 23.2 Å². The molecule has 1 aliphatic heterocycles. The lowest BCUT2D eigenvalue weighted by Crippen LogP contribution is -2.37. The molecule has 1 fully saturated rings. The molecule has 16 heavy (non-hydrogen) atoms. The molecule has 1 aliphatic rings. The second-order valence-corrected chi connectivity index (χ2v) is 4.43. The molecule has 0 amide bonds. The number of hydrogen-bond acceptors (Lipinski definition) is 5. The maximum atomic E-state index is 5.94. The number of halogens is 2. The molecule has 0 aliphatic carbocycles. The van der Waals surface area contributed by atoms with Crippen molar-refractivity contribution >= 4 is 29.0 Å². The molecule has 0 spiro atoms. The number of likely N-dealkylation sites (N-methyl/N-ethyl adjacent to an activating group) is 1. The first-order valence-electron chi connectivity index (χ1n) is 4.99. The summed E-state index contributed by atoms with van der Waals surface area (Å²) in [6, 6.07) is 0.241. The van der Waals surface area contributed by atoms with Crippen LogP contribution in [0, 0.1) is 0 Å². The zero-order valence-electron chi connectivity index (χ0n) is 9.02. The fourth-order valence-electron chi connectivity index (χ4n) is 1.90. The zero-order chi connectivity index (χ0) is 11.7. The van der Waals surface area contributed by atoms with Crippen molar-refractivity contribution in [1.82, 2.24) is 15.2 Å². The summed E-state index contributed by atoms with van der Waals surface area (Å²) in [4.78, 5) is 6.03. The molecule has 0 bridgehead atoms. The molecular weight excluding hydrogens is 251 g/mol. The van der Waals surface area contributed by atoms with E-state index in [4.69, 9.17) is 27.9 Å². The highest BCUT2D eigenvalue weighted by molar-refractivity contribution is 6.32. The first-order valence-corrected chi connectivity index (χ1v) is 5.75. The lowest BCUT2D eigenvalue weighted by Gasteiger charge is -2.27. The average molecular weight is 263 g/mol. The van der Waals surface area contributed by atoms with Gasteiger partial charge in [0.05, 0.1) is 12.1 Å². The Morgan fingerprint density at radius 3 is 2.75 bits per heavy atom. The molecule has 2 heterocycles. The molecule has 5 nitrogen and oxygen atoms in total. The standard InChI is InChI=1S/C9H12Cl2N4O/c1-5-6(3-4-16-5)15(2)8-7(10)13-14-9(11)12-8/h5-6H,3-4H2,1-2H3. The maximum Gasteiger partial charge on any atom is 0.245 e. The highest BCUT2D eigenvalue weighted by Gasteiger charge is 2.30. The summed E-state index contributed by atoms with van der Waals surface area (Å²) in [7, 11) is 1.90. The van der Waals surface area contributed by atoms with Crippen LogP contribution in [0.4, 0.5) is 5.82 Å². The summed E-state index contributed by atoms with van der Waals surface area (Å²) in [5.74, 6) is 0.545. The van der Waals surface area contributed by atoms with E-state index in [1.807, 2.05) is 18.9 Å². The van der Waals surface area contributed by atoms with Crippen LogP contribution < -0.4 is 4.90 Å². The maximum absolute atomic E-state index is 5.94. The van der Waals surface area contributed by atoms with E-state index in [0.717, 1.165) is 13.0 Å². The number of aromatic nitrogens is 3. The summed E-state index contributed by atoms with van der Waals surface area (Å²) in [6.45, 7) is 2.78. The van der Waals surface area contributed by atoms with Gasteiger partial charge in [0.1, 0.15) is 0 Å². The van der Waals surface area contributed by atoms with Gasteiger partial charge in [-0.3, -0.25) is 0 Å². The Morgan fingerprint density at radius 1 is 1.38 bits per heavy atom. The molecule has 0 radical (unpaired) electrons. The molecule has 0 aromatic carbocycles. The Bertz CT molecular complexity index is 390. The lowest BCUT2D eigenvalue weighted by molar-refractivity contribution is 0.118. The zero-order valence-corrected chi connectivity index (χ0v) is 10.5. The molecule has 0 N–H and O–H groups in total. The molecular formula is C9H12Cl2N4O. The van der Waals surface area contributed by atoms with Crippen LogP contribution in [0.15, 0.2) is 0 Å². The summed E-state index contributed by atoms with van der Waals surface area (Å²) in [5, 5.41) is 7.67. The van der Waals surface area contributed by atoms with Gasteiger partial charge in [0.25, 0.3) is 0 Å². The van der Waals surface area contributed by atoms with Crippen LogP contribution in [0.5, 0.6) is 0 Å². The second kappa shape index (κ2) is 4.69. The minimum absolute atomic E-state index is 0.0952. The van der Waals surface area contributed by atoms with Gasteiger partial charge in [-0.1, -0.05) is 11.6 Å². The van der Waals surface area contributed by atoms with Gasteiger partial charge in [-0.15, -0.1) is 10.2 Å². The van der Waals surface area contributed by atoms with E-state index in [1.165, 1.54) is 0 Å². The SMILES string of the molecule is CC1OCCC1N(C)c1nc(Cl)nnc1Cl. The van der Waals surface area contributed by atoms with E-state index in [-0.39, 0.29) is 22.6 Å². The third-order valence-corrected chi connectivity index (χ3v) is 3.18. The minimum atomic E-state index is 0.0952. The smallest absolute Gasteiger partial charge is 0.245 e. The second-order valence-electron chi connectivity index (χ2n) is 3.74. The van der Waals surface area contributed by atoms with Gasteiger partial charge in [0, 0.05) is 13.7 Å². The Morgan fingerprint density at radius 2 is 2.12 bits per heavy atom. The van der Waals surface area contributed by atoms with Crippen molar-refractivity contribution in [2.24, 2.45) is 0 Å². The van der Waals surface area contributed by atoms with E-state index in [0.29, 0.717) is 5.82 Å². The van der Waals surface area contributed by atoms with Gasteiger partial charge >= 0.3 is 0 Å². The van der Waals surface area contributed by atoms with Crippen LogP contribution in [0.25, 0.3) is 0 Å². The Kier molecular flexibility index (Phi) is 3.47. The van der Waals surface area contributed by atoms with Crippen molar-refractivity contribution in [3.63, 3.8) is 0 Å². The molecule has 2 atom stereocenters. The Labute approximate surface area is 104 Å². The van der Waals surface area contributed by atoms with Gasteiger partial charge in [-0.05, 0) is 24.9 Å². The summed E-state index contributed by atoms with van der Waals surface area (Å²) in [6.07, 6.45) is 1.09. The topological polar surface area (TPSA) is 51.1 Å². The number of hydrogen-bond donors (Lipinski definition) is 0. The number of ether oxygens (including phenoxy) is 1. The van der Waals surface area contributed by atoms with E-state index < -0.39 is 0 Å². The van der Waals surface area contributed by atoms with Gasteiger partial charge in [0.2, 0.25) is 5.28 Å². The van der Waals surface area contributed by atoms with Crippen molar-refractivity contribution in [1.29, 1.82) is 0 Å². The van der Waals surface area contributed by atoms with E-state index in [2.05, 4.69) is 15.2 Å². The fourth-order valence-corrected chi connectivity index (χ4v) is 2.23. The molecule has 7 heteroatoms. The Hall–Kier alpha value is -0.650. The lowest BCUT2D eigenvalue weighted by atomic mass is 10.1. The minimum Gasteiger partial charge on any atom is -0.376 e. The van der Waals surface area contributed by atoms with E-state index in [1.54, 1.807) is 0 Å². The third-order valence-electron chi connectivity index (χ3n) is 2.77. The number of rotatable bonds is 2. The fraction of sp³-hybridized carbons (Fsp3) is 0.667. The molecule has 1 aromatic heterocycles. The van der Waals surface area contributed by atoms with Crippen LogP contribution in [0.1, 0.15) is 13.3 Å². The normalized spacial score (nSPS) is 24.8. The van der Waals surface area contributed by atoms with Crippen LogP contribution in [0.2, 0.25) is 10.4 Å². The van der Waals surface area contributed by atoms with Crippen molar-refractivity contribution in [3.8, 4) is 0 Å². The number of anilines is 1.